The maximum Gasteiger partial charge on any atom is 0.248 e. The molecule has 0 radical (unpaired) electrons. The zero-order valence-electron chi connectivity index (χ0n) is 8.61. The van der Waals surface area contributed by atoms with Crippen LogP contribution >= 0.6 is 0 Å². The summed E-state index contributed by atoms with van der Waals surface area (Å²) in [5, 5.41) is 0. The van der Waals surface area contributed by atoms with Gasteiger partial charge in [0.2, 0.25) is 5.91 Å². The van der Waals surface area contributed by atoms with Gasteiger partial charge in [0.05, 0.1) is 6.61 Å². The molecule has 0 heterocycles. The van der Waals surface area contributed by atoms with Gasteiger partial charge in [-0.3, -0.25) is 4.79 Å². The van der Waals surface area contributed by atoms with Gasteiger partial charge in [0, 0.05) is 5.56 Å². The lowest BCUT2D eigenvalue weighted by molar-refractivity contribution is 0.1000. The fourth-order valence-corrected chi connectivity index (χ4v) is 1.18. The first-order valence-electron chi connectivity index (χ1n) is 4.97. The molecule has 0 aromatic heterocycles. The van der Waals surface area contributed by atoms with Crippen molar-refractivity contribution in [2.24, 2.45) is 11.5 Å². The molecule has 82 valence electrons. The van der Waals surface area contributed by atoms with Crippen LogP contribution in [-0.4, -0.2) is 19.1 Å². The number of carbonyl (C=O) groups is 1. The predicted octanol–water partition coefficient (Wildman–Crippen LogP) is 0.903. The minimum Gasteiger partial charge on any atom is -0.494 e. The second-order valence-electron chi connectivity index (χ2n) is 3.24. The van der Waals surface area contributed by atoms with Crippen LogP contribution in [0.15, 0.2) is 24.3 Å². The fraction of sp³-hybridized carbons (Fsp3) is 0.364. The van der Waals surface area contributed by atoms with Crippen LogP contribution < -0.4 is 16.2 Å². The first kappa shape index (κ1) is 11.5. The Hall–Kier alpha value is -1.55. The van der Waals surface area contributed by atoms with Gasteiger partial charge in [0.1, 0.15) is 5.75 Å². The number of primary amides is 1. The quantitative estimate of drug-likeness (QED) is 0.682. The average molecular weight is 208 g/mol. The normalized spacial score (nSPS) is 9.93. The van der Waals surface area contributed by atoms with Gasteiger partial charge < -0.3 is 16.2 Å². The molecule has 4 nitrogen and oxygen atoms in total. The van der Waals surface area contributed by atoms with Crippen molar-refractivity contribution < 1.29 is 9.53 Å². The number of hydrogen-bond acceptors (Lipinski definition) is 3. The number of rotatable bonds is 6. The zero-order chi connectivity index (χ0) is 11.1. The predicted molar refractivity (Wildman–Crippen MR) is 58.7 cm³/mol. The number of ether oxygens (including phenoxy) is 1. The molecule has 0 saturated carbocycles. The molecular weight excluding hydrogens is 192 g/mol. The molecule has 0 saturated heterocycles. The van der Waals surface area contributed by atoms with Gasteiger partial charge in [0.25, 0.3) is 0 Å². The highest BCUT2D eigenvalue weighted by Gasteiger charge is 2.01. The van der Waals surface area contributed by atoms with Crippen molar-refractivity contribution in [3.63, 3.8) is 0 Å². The minimum absolute atomic E-state index is 0.442. The van der Waals surface area contributed by atoms with E-state index in [1.54, 1.807) is 24.3 Å². The van der Waals surface area contributed by atoms with Crippen LogP contribution in [0.5, 0.6) is 5.75 Å². The Labute approximate surface area is 89.2 Å². The monoisotopic (exact) mass is 208 g/mol. The Morgan fingerprint density at radius 1 is 1.33 bits per heavy atom. The summed E-state index contributed by atoms with van der Waals surface area (Å²) in [6.45, 7) is 1.28. The van der Waals surface area contributed by atoms with Crippen molar-refractivity contribution in [3.8, 4) is 5.75 Å². The summed E-state index contributed by atoms with van der Waals surface area (Å²) in [5.41, 5.74) is 11.0. The van der Waals surface area contributed by atoms with Gasteiger partial charge in [-0.2, -0.15) is 0 Å². The first-order valence-corrected chi connectivity index (χ1v) is 4.97. The molecule has 4 heteroatoms. The molecule has 1 amide bonds. The van der Waals surface area contributed by atoms with E-state index < -0.39 is 5.91 Å². The maximum atomic E-state index is 10.9. The summed E-state index contributed by atoms with van der Waals surface area (Å²) < 4.78 is 5.44. The summed E-state index contributed by atoms with van der Waals surface area (Å²) in [6, 6.07) is 6.85. The molecule has 0 atom stereocenters. The number of unbranched alkanes of at least 4 members (excludes halogenated alkanes) is 1. The molecule has 0 spiro atoms. The molecule has 1 aromatic rings. The number of benzene rings is 1. The van der Waals surface area contributed by atoms with Crippen molar-refractivity contribution in [1.82, 2.24) is 0 Å². The SMILES string of the molecule is NCCCCOc1cccc(C(N)=O)c1. The van der Waals surface area contributed by atoms with E-state index in [0.717, 1.165) is 12.8 Å². The summed E-state index contributed by atoms with van der Waals surface area (Å²) in [7, 11) is 0. The van der Waals surface area contributed by atoms with E-state index >= 15 is 0 Å². The van der Waals surface area contributed by atoms with Crippen molar-refractivity contribution in [3.05, 3.63) is 29.8 Å². The van der Waals surface area contributed by atoms with Crippen LogP contribution in [0.2, 0.25) is 0 Å². The highest BCUT2D eigenvalue weighted by Crippen LogP contribution is 2.13. The fourth-order valence-electron chi connectivity index (χ4n) is 1.18. The third kappa shape index (κ3) is 3.99. The lowest BCUT2D eigenvalue weighted by Crippen LogP contribution is -2.11. The Morgan fingerprint density at radius 3 is 2.80 bits per heavy atom. The van der Waals surface area contributed by atoms with Crippen LogP contribution in [0.3, 0.4) is 0 Å². The Kier molecular flexibility index (Phi) is 4.63. The zero-order valence-corrected chi connectivity index (χ0v) is 8.61. The van der Waals surface area contributed by atoms with Gasteiger partial charge >= 0.3 is 0 Å². The molecule has 1 rings (SSSR count). The van der Waals surface area contributed by atoms with Gasteiger partial charge in [-0.25, -0.2) is 0 Å². The summed E-state index contributed by atoms with van der Waals surface area (Å²) in [6.07, 6.45) is 1.85. The minimum atomic E-state index is -0.442. The summed E-state index contributed by atoms with van der Waals surface area (Å²) in [4.78, 5) is 10.9. The molecule has 0 aliphatic carbocycles. The van der Waals surface area contributed by atoms with Gasteiger partial charge in [-0.1, -0.05) is 6.07 Å². The van der Waals surface area contributed by atoms with Crippen LogP contribution in [0.1, 0.15) is 23.2 Å². The Bertz CT molecular complexity index is 326. The highest BCUT2D eigenvalue weighted by atomic mass is 16.5. The third-order valence-electron chi connectivity index (χ3n) is 1.99. The highest BCUT2D eigenvalue weighted by molar-refractivity contribution is 5.93. The van der Waals surface area contributed by atoms with E-state index in [-0.39, 0.29) is 0 Å². The van der Waals surface area contributed by atoms with Crippen LogP contribution in [0.25, 0.3) is 0 Å². The third-order valence-corrected chi connectivity index (χ3v) is 1.99. The topological polar surface area (TPSA) is 78.3 Å². The number of carbonyl (C=O) groups excluding carboxylic acids is 1. The van der Waals surface area contributed by atoms with Crippen molar-refractivity contribution in [1.29, 1.82) is 0 Å². The van der Waals surface area contributed by atoms with Gasteiger partial charge in [-0.15, -0.1) is 0 Å². The van der Waals surface area contributed by atoms with Crippen LogP contribution in [0.4, 0.5) is 0 Å². The molecule has 0 aliphatic rings. The smallest absolute Gasteiger partial charge is 0.248 e. The van der Waals surface area contributed by atoms with Crippen molar-refractivity contribution in [2.45, 2.75) is 12.8 Å². The van der Waals surface area contributed by atoms with E-state index in [2.05, 4.69) is 0 Å². The second-order valence-corrected chi connectivity index (χ2v) is 3.24. The largest absolute Gasteiger partial charge is 0.494 e. The molecule has 4 N–H and O–H groups in total. The number of hydrogen-bond donors (Lipinski definition) is 2. The van der Waals surface area contributed by atoms with Crippen LogP contribution in [-0.2, 0) is 0 Å². The summed E-state index contributed by atoms with van der Waals surface area (Å²) >= 11 is 0. The average Bonchev–Trinajstić information content (AvgIpc) is 2.25. The standard InChI is InChI=1S/C11H16N2O2/c12-6-1-2-7-15-10-5-3-4-9(8-10)11(13)14/h3-5,8H,1-2,6-7,12H2,(H2,13,14). The Balaban J connectivity index is 2.47. The maximum absolute atomic E-state index is 10.9. The number of amides is 1. The summed E-state index contributed by atoms with van der Waals surface area (Å²) in [5.74, 6) is 0.228. The van der Waals surface area contributed by atoms with Gasteiger partial charge in [0.15, 0.2) is 0 Å². The van der Waals surface area contributed by atoms with E-state index in [9.17, 15) is 4.79 Å². The molecule has 0 bridgehead atoms. The van der Waals surface area contributed by atoms with E-state index in [0.29, 0.717) is 24.5 Å². The Morgan fingerprint density at radius 2 is 2.13 bits per heavy atom. The molecule has 0 fully saturated rings. The van der Waals surface area contributed by atoms with Gasteiger partial charge in [-0.05, 0) is 37.6 Å². The van der Waals surface area contributed by atoms with E-state index in [4.69, 9.17) is 16.2 Å². The lowest BCUT2D eigenvalue weighted by Gasteiger charge is -2.06. The van der Waals surface area contributed by atoms with Crippen molar-refractivity contribution in [2.75, 3.05) is 13.2 Å². The van der Waals surface area contributed by atoms with Crippen molar-refractivity contribution >= 4 is 5.91 Å². The molecular formula is C11H16N2O2. The molecule has 0 aliphatic heterocycles. The second kappa shape index (κ2) is 6.03. The number of nitrogens with two attached hydrogens (primary N) is 2. The van der Waals surface area contributed by atoms with E-state index in [1.165, 1.54) is 0 Å². The lowest BCUT2D eigenvalue weighted by atomic mass is 10.2. The first-order chi connectivity index (χ1) is 7.24. The molecule has 15 heavy (non-hydrogen) atoms. The van der Waals surface area contributed by atoms with E-state index in [1.807, 2.05) is 0 Å². The molecule has 1 aromatic carbocycles. The molecule has 0 unspecified atom stereocenters. The van der Waals surface area contributed by atoms with Crippen LogP contribution in [0, 0.1) is 0 Å².